The molecule has 1 amide bonds. The quantitative estimate of drug-likeness (QED) is 0.551. The maximum Gasteiger partial charge on any atom is 0.310 e. The van der Waals surface area contributed by atoms with Crippen LogP contribution in [0.2, 0.25) is 0 Å². The summed E-state index contributed by atoms with van der Waals surface area (Å²) in [5.74, 6) is -0.188. The zero-order chi connectivity index (χ0) is 20.1. The maximum absolute atomic E-state index is 12.4. The summed E-state index contributed by atoms with van der Waals surface area (Å²) < 4.78 is 5.35. The van der Waals surface area contributed by atoms with Crippen molar-refractivity contribution < 1.29 is 19.4 Å². The molecule has 10 nitrogen and oxygen atoms in total. The average Bonchev–Trinajstić information content (AvgIpc) is 2.72. The minimum absolute atomic E-state index is 0.0321. The molecule has 0 unspecified atom stereocenters. The summed E-state index contributed by atoms with van der Waals surface area (Å²) in [5.41, 5.74) is 0.705. The normalized spacial score (nSPS) is 13.9. The summed E-state index contributed by atoms with van der Waals surface area (Å²) in [6.07, 6.45) is 0. The van der Waals surface area contributed by atoms with Gasteiger partial charge in [0.1, 0.15) is 0 Å². The first kappa shape index (κ1) is 19.1. The topological polar surface area (TPSA) is 119 Å². The van der Waals surface area contributed by atoms with E-state index >= 15 is 0 Å². The molecule has 0 spiro atoms. The molecule has 1 saturated heterocycles. The van der Waals surface area contributed by atoms with Crippen molar-refractivity contribution in [3.8, 4) is 5.75 Å². The van der Waals surface area contributed by atoms with Crippen LogP contribution in [0.15, 0.2) is 48.5 Å². The van der Waals surface area contributed by atoms with Crippen LogP contribution in [-0.4, -0.2) is 53.4 Å². The molecule has 0 aromatic heterocycles. The summed E-state index contributed by atoms with van der Waals surface area (Å²) in [5, 5.41) is 21.7. The standard InChI is InChI=1S/C18H18N4O6/c23-18(13-28-17-4-2-1-3-16(17)22(26)27)20-11-9-19(10-12-20)14-5-7-15(8-6-14)21(24)25/h1-8H,9-13H2. The summed E-state index contributed by atoms with van der Waals surface area (Å²) in [6.45, 7) is 1.82. The molecular formula is C18H18N4O6. The largest absolute Gasteiger partial charge is 0.477 e. The molecule has 146 valence electrons. The number of amides is 1. The van der Waals surface area contributed by atoms with Crippen LogP contribution in [0.5, 0.6) is 5.75 Å². The Labute approximate surface area is 160 Å². The highest BCUT2D eigenvalue weighted by Crippen LogP contribution is 2.26. The fraction of sp³-hybridized carbons (Fsp3) is 0.278. The Morgan fingerprint density at radius 3 is 2.18 bits per heavy atom. The zero-order valence-corrected chi connectivity index (χ0v) is 14.9. The van der Waals surface area contributed by atoms with Crippen molar-refractivity contribution in [2.75, 3.05) is 37.7 Å². The molecule has 3 rings (SSSR count). The van der Waals surface area contributed by atoms with Crippen LogP contribution in [0, 0.1) is 20.2 Å². The second kappa shape index (κ2) is 8.33. The molecule has 1 aliphatic heterocycles. The number of hydrogen-bond acceptors (Lipinski definition) is 7. The van der Waals surface area contributed by atoms with E-state index in [-0.39, 0.29) is 29.6 Å². The van der Waals surface area contributed by atoms with Gasteiger partial charge in [-0.05, 0) is 18.2 Å². The number of hydrogen-bond donors (Lipinski definition) is 0. The van der Waals surface area contributed by atoms with E-state index in [0.717, 1.165) is 5.69 Å². The Bertz CT molecular complexity index is 878. The zero-order valence-electron chi connectivity index (χ0n) is 14.9. The second-order valence-electron chi connectivity index (χ2n) is 6.15. The lowest BCUT2D eigenvalue weighted by Crippen LogP contribution is -2.50. The van der Waals surface area contributed by atoms with Crippen molar-refractivity contribution in [1.29, 1.82) is 0 Å². The molecule has 2 aromatic rings. The number of carbonyl (C=O) groups is 1. The van der Waals surface area contributed by atoms with Gasteiger partial charge in [0, 0.05) is 50.1 Å². The summed E-state index contributed by atoms with van der Waals surface area (Å²) in [4.78, 5) is 36.7. The lowest BCUT2D eigenvalue weighted by molar-refractivity contribution is -0.385. The van der Waals surface area contributed by atoms with Gasteiger partial charge < -0.3 is 14.5 Å². The minimum Gasteiger partial charge on any atom is -0.477 e. The Morgan fingerprint density at radius 2 is 1.57 bits per heavy atom. The molecule has 1 aliphatic rings. The third-order valence-corrected chi connectivity index (χ3v) is 4.47. The Morgan fingerprint density at radius 1 is 0.929 bits per heavy atom. The highest BCUT2D eigenvalue weighted by Gasteiger charge is 2.23. The van der Waals surface area contributed by atoms with Crippen LogP contribution in [0.4, 0.5) is 17.1 Å². The molecule has 1 heterocycles. The Balaban J connectivity index is 1.53. The van der Waals surface area contributed by atoms with Crippen LogP contribution in [0.1, 0.15) is 0 Å². The number of anilines is 1. The number of nitrogens with zero attached hydrogens (tertiary/aromatic N) is 4. The van der Waals surface area contributed by atoms with Gasteiger partial charge in [0.2, 0.25) is 0 Å². The summed E-state index contributed by atoms with van der Waals surface area (Å²) in [6, 6.07) is 12.2. The van der Waals surface area contributed by atoms with Crippen molar-refractivity contribution in [2.45, 2.75) is 0 Å². The molecule has 0 aliphatic carbocycles. The number of rotatable bonds is 6. The third kappa shape index (κ3) is 4.34. The number of nitro benzene ring substituents is 2. The molecule has 0 N–H and O–H groups in total. The van der Waals surface area contributed by atoms with Crippen molar-refractivity contribution in [3.63, 3.8) is 0 Å². The predicted octanol–water partition coefficient (Wildman–Crippen LogP) is 2.23. The maximum atomic E-state index is 12.4. The second-order valence-corrected chi connectivity index (χ2v) is 6.15. The van der Waals surface area contributed by atoms with Gasteiger partial charge in [0.25, 0.3) is 11.6 Å². The van der Waals surface area contributed by atoms with Gasteiger partial charge in [-0.2, -0.15) is 0 Å². The predicted molar refractivity (Wildman–Crippen MR) is 100 cm³/mol. The number of non-ortho nitro benzene ring substituents is 1. The van der Waals surface area contributed by atoms with E-state index in [9.17, 15) is 25.0 Å². The number of ether oxygens (including phenoxy) is 1. The fourth-order valence-electron chi connectivity index (χ4n) is 2.96. The molecule has 28 heavy (non-hydrogen) atoms. The Kier molecular flexibility index (Phi) is 5.68. The van der Waals surface area contributed by atoms with Crippen LogP contribution in [-0.2, 0) is 4.79 Å². The average molecular weight is 386 g/mol. The molecule has 1 fully saturated rings. The summed E-state index contributed by atoms with van der Waals surface area (Å²) in [7, 11) is 0. The molecular weight excluding hydrogens is 368 g/mol. The van der Waals surface area contributed by atoms with Crippen LogP contribution in [0.3, 0.4) is 0 Å². The monoisotopic (exact) mass is 386 g/mol. The lowest BCUT2D eigenvalue weighted by atomic mass is 10.2. The van der Waals surface area contributed by atoms with Gasteiger partial charge in [0.05, 0.1) is 9.85 Å². The third-order valence-electron chi connectivity index (χ3n) is 4.47. The number of para-hydroxylation sites is 2. The number of piperazine rings is 1. The molecule has 0 saturated carbocycles. The molecule has 0 radical (unpaired) electrons. The highest BCUT2D eigenvalue weighted by molar-refractivity contribution is 5.78. The number of nitro groups is 2. The van der Waals surface area contributed by atoms with Crippen LogP contribution < -0.4 is 9.64 Å². The van der Waals surface area contributed by atoms with E-state index in [2.05, 4.69) is 0 Å². The molecule has 0 bridgehead atoms. The van der Waals surface area contributed by atoms with Crippen molar-refractivity contribution in [1.82, 2.24) is 4.90 Å². The van der Waals surface area contributed by atoms with E-state index in [1.54, 1.807) is 23.1 Å². The van der Waals surface area contributed by atoms with E-state index in [1.807, 2.05) is 4.90 Å². The smallest absolute Gasteiger partial charge is 0.310 e. The summed E-state index contributed by atoms with van der Waals surface area (Å²) >= 11 is 0. The van der Waals surface area contributed by atoms with E-state index in [1.165, 1.54) is 30.3 Å². The van der Waals surface area contributed by atoms with Gasteiger partial charge in [-0.3, -0.25) is 25.0 Å². The van der Waals surface area contributed by atoms with Gasteiger partial charge in [-0.1, -0.05) is 12.1 Å². The van der Waals surface area contributed by atoms with Gasteiger partial charge in [-0.25, -0.2) is 0 Å². The fourth-order valence-corrected chi connectivity index (χ4v) is 2.96. The van der Waals surface area contributed by atoms with Gasteiger partial charge in [0.15, 0.2) is 12.4 Å². The first-order valence-electron chi connectivity index (χ1n) is 8.59. The molecule has 10 heteroatoms. The van der Waals surface area contributed by atoms with Crippen molar-refractivity contribution >= 4 is 23.0 Å². The van der Waals surface area contributed by atoms with Crippen LogP contribution in [0.25, 0.3) is 0 Å². The first-order valence-corrected chi connectivity index (χ1v) is 8.59. The highest BCUT2D eigenvalue weighted by atomic mass is 16.6. The van der Waals surface area contributed by atoms with Crippen molar-refractivity contribution in [2.24, 2.45) is 0 Å². The molecule has 2 aromatic carbocycles. The first-order chi connectivity index (χ1) is 13.5. The van der Waals surface area contributed by atoms with Crippen molar-refractivity contribution in [3.05, 3.63) is 68.8 Å². The molecule has 0 atom stereocenters. The Hall–Kier alpha value is -3.69. The van der Waals surface area contributed by atoms with E-state index in [0.29, 0.717) is 26.2 Å². The van der Waals surface area contributed by atoms with Crippen LogP contribution >= 0.6 is 0 Å². The SMILES string of the molecule is O=C(COc1ccccc1[N+](=O)[O-])N1CCN(c2ccc([N+](=O)[O-])cc2)CC1. The van der Waals surface area contributed by atoms with E-state index in [4.69, 9.17) is 4.74 Å². The van der Waals surface area contributed by atoms with E-state index < -0.39 is 9.85 Å². The number of benzene rings is 2. The lowest BCUT2D eigenvalue weighted by Gasteiger charge is -2.36. The minimum atomic E-state index is -0.553. The van der Waals surface area contributed by atoms with Gasteiger partial charge in [-0.15, -0.1) is 0 Å². The van der Waals surface area contributed by atoms with Gasteiger partial charge >= 0.3 is 5.69 Å². The number of carbonyl (C=O) groups excluding carboxylic acids is 1.